The molecular weight excluding hydrogens is 398 g/mol. The number of rotatable bonds is 5. The molecule has 6 nitrogen and oxygen atoms in total. The Labute approximate surface area is 166 Å². The highest BCUT2D eigenvalue weighted by Gasteiger charge is 2.17. The molecule has 28 heavy (non-hydrogen) atoms. The van der Waals surface area contributed by atoms with E-state index < -0.39 is 10.0 Å². The minimum absolute atomic E-state index is 0.0187. The Morgan fingerprint density at radius 2 is 1.32 bits per heavy atom. The number of anilines is 1. The first-order valence-corrected chi connectivity index (χ1v) is 10.2. The molecule has 1 N–H and O–H groups in total. The van der Waals surface area contributed by atoms with E-state index in [1.807, 2.05) is 30.3 Å². The largest absolute Gasteiger partial charge is 0.416 e. The first-order chi connectivity index (χ1) is 13.5. The lowest BCUT2D eigenvalue weighted by Gasteiger charge is -2.09. The van der Waals surface area contributed by atoms with Gasteiger partial charge in [0.2, 0.25) is 11.8 Å². The van der Waals surface area contributed by atoms with Gasteiger partial charge in [0, 0.05) is 16.8 Å². The van der Waals surface area contributed by atoms with Crippen LogP contribution in [-0.4, -0.2) is 18.6 Å². The second-order valence-electron chi connectivity index (χ2n) is 5.89. The van der Waals surface area contributed by atoms with E-state index in [1.165, 1.54) is 12.1 Å². The van der Waals surface area contributed by atoms with E-state index in [9.17, 15) is 8.42 Å². The molecule has 0 unspecified atom stereocenters. The smallest absolute Gasteiger partial charge is 0.263 e. The molecule has 4 aromatic rings. The number of hydrogen-bond acceptors (Lipinski definition) is 5. The fraction of sp³-hybridized carbons (Fsp3) is 0. The molecule has 0 aliphatic rings. The van der Waals surface area contributed by atoms with Crippen molar-refractivity contribution in [3.63, 3.8) is 0 Å². The monoisotopic (exact) mass is 411 g/mol. The van der Waals surface area contributed by atoms with Crippen molar-refractivity contribution in [1.29, 1.82) is 0 Å². The highest BCUT2D eigenvalue weighted by Crippen LogP contribution is 2.27. The fourth-order valence-electron chi connectivity index (χ4n) is 2.59. The van der Waals surface area contributed by atoms with Crippen LogP contribution in [0.3, 0.4) is 0 Å². The predicted molar refractivity (Wildman–Crippen MR) is 107 cm³/mol. The molecule has 140 valence electrons. The standard InChI is InChI=1S/C20H14ClN3O3S/c21-17-8-4-5-9-18(17)28(25,26)24-16-12-10-15(11-13-16)20-23-22-19(27-20)14-6-2-1-3-7-14/h1-13,24H. The van der Waals surface area contributed by atoms with Gasteiger partial charge in [-0.1, -0.05) is 41.9 Å². The molecule has 0 saturated heterocycles. The molecule has 4 rings (SSSR count). The van der Waals surface area contributed by atoms with Crippen molar-refractivity contribution in [2.24, 2.45) is 0 Å². The van der Waals surface area contributed by atoms with E-state index in [2.05, 4.69) is 14.9 Å². The van der Waals surface area contributed by atoms with Gasteiger partial charge in [-0.2, -0.15) is 0 Å². The van der Waals surface area contributed by atoms with Gasteiger partial charge >= 0.3 is 0 Å². The molecule has 0 spiro atoms. The number of nitrogens with zero attached hydrogens (tertiary/aromatic N) is 2. The average Bonchev–Trinajstić information content (AvgIpc) is 3.19. The lowest BCUT2D eigenvalue weighted by Crippen LogP contribution is -2.13. The van der Waals surface area contributed by atoms with Gasteiger partial charge in [0.25, 0.3) is 10.0 Å². The third-order valence-corrected chi connectivity index (χ3v) is 5.84. The quantitative estimate of drug-likeness (QED) is 0.507. The van der Waals surface area contributed by atoms with Crippen molar-refractivity contribution in [1.82, 2.24) is 10.2 Å². The lowest BCUT2D eigenvalue weighted by atomic mass is 10.2. The Morgan fingerprint density at radius 1 is 0.750 bits per heavy atom. The van der Waals surface area contributed by atoms with Crippen LogP contribution in [0.2, 0.25) is 5.02 Å². The molecule has 0 amide bonds. The van der Waals surface area contributed by atoms with Gasteiger partial charge in [0.05, 0.1) is 5.02 Å². The normalized spacial score (nSPS) is 11.3. The highest BCUT2D eigenvalue weighted by molar-refractivity contribution is 7.92. The number of hydrogen-bond donors (Lipinski definition) is 1. The van der Waals surface area contributed by atoms with E-state index in [1.54, 1.807) is 36.4 Å². The summed E-state index contributed by atoms with van der Waals surface area (Å²) < 4.78 is 33.2. The van der Waals surface area contributed by atoms with E-state index in [0.717, 1.165) is 5.56 Å². The SMILES string of the molecule is O=S(=O)(Nc1ccc(-c2nnc(-c3ccccc3)o2)cc1)c1ccccc1Cl. The second kappa shape index (κ2) is 7.46. The van der Waals surface area contributed by atoms with Crippen molar-refractivity contribution in [3.8, 4) is 22.9 Å². The topological polar surface area (TPSA) is 85.1 Å². The highest BCUT2D eigenvalue weighted by atomic mass is 35.5. The third-order valence-electron chi connectivity index (χ3n) is 3.96. The zero-order valence-electron chi connectivity index (χ0n) is 14.4. The zero-order chi connectivity index (χ0) is 19.6. The van der Waals surface area contributed by atoms with Crippen molar-refractivity contribution < 1.29 is 12.8 Å². The summed E-state index contributed by atoms with van der Waals surface area (Å²) in [6.07, 6.45) is 0. The minimum Gasteiger partial charge on any atom is -0.416 e. The Kier molecular flexibility index (Phi) is 4.85. The van der Waals surface area contributed by atoms with Crippen LogP contribution in [-0.2, 0) is 10.0 Å². The van der Waals surface area contributed by atoms with Crippen LogP contribution in [0.15, 0.2) is 88.2 Å². The number of sulfonamides is 1. The Balaban J connectivity index is 1.55. The van der Waals surface area contributed by atoms with E-state index in [4.69, 9.17) is 16.0 Å². The van der Waals surface area contributed by atoms with Crippen molar-refractivity contribution in [2.45, 2.75) is 4.90 Å². The molecular formula is C20H14ClN3O3S. The molecule has 0 bridgehead atoms. The van der Waals surface area contributed by atoms with Gasteiger partial charge in [-0.25, -0.2) is 8.42 Å². The summed E-state index contributed by atoms with van der Waals surface area (Å²) in [7, 11) is -3.79. The van der Waals surface area contributed by atoms with Crippen LogP contribution >= 0.6 is 11.6 Å². The summed E-state index contributed by atoms with van der Waals surface area (Å²) >= 11 is 5.99. The second-order valence-corrected chi connectivity index (χ2v) is 7.95. The molecule has 0 atom stereocenters. The van der Waals surface area contributed by atoms with Crippen LogP contribution < -0.4 is 4.72 Å². The molecule has 3 aromatic carbocycles. The fourth-order valence-corrected chi connectivity index (χ4v) is 4.17. The summed E-state index contributed by atoms with van der Waals surface area (Å²) in [5.41, 5.74) is 1.90. The van der Waals surface area contributed by atoms with Gasteiger partial charge in [0.1, 0.15) is 4.90 Å². The molecule has 0 fully saturated rings. The molecule has 0 radical (unpaired) electrons. The Bertz CT molecular complexity index is 1210. The van der Waals surface area contributed by atoms with Crippen molar-refractivity contribution in [2.75, 3.05) is 4.72 Å². The summed E-state index contributed by atoms with van der Waals surface area (Å²) in [6.45, 7) is 0. The van der Waals surface area contributed by atoms with Crippen LogP contribution in [0.5, 0.6) is 0 Å². The van der Waals surface area contributed by atoms with Crippen molar-refractivity contribution in [3.05, 3.63) is 83.9 Å². The minimum atomic E-state index is -3.79. The summed E-state index contributed by atoms with van der Waals surface area (Å²) in [5, 5.41) is 8.26. The first-order valence-electron chi connectivity index (χ1n) is 8.30. The van der Waals surface area contributed by atoms with E-state index >= 15 is 0 Å². The maximum atomic E-state index is 12.5. The van der Waals surface area contributed by atoms with E-state index in [0.29, 0.717) is 23.0 Å². The van der Waals surface area contributed by atoms with Crippen LogP contribution in [0.1, 0.15) is 0 Å². The van der Waals surface area contributed by atoms with Gasteiger partial charge < -0.3 is 4.42 Å². The summed E-state index contributed by atoms with van der Waals surface area (Å²) in [6, 6.07) is 22.3. The number of nitrogens with one attached hydrogen (secondary N) is 1. The summed E-state index contributed by atoms with van der Waals surface area (Å²) in [4.78, 5) is 0.0187. The lowest BCUT2D eigenvalue weighted by molar-refractivity contribution is 0.584. The Hall–Kier alpha value is -3.16. The molecule has 0 saturated carbocycles. The average molecular weight is 412 g/mol. The molecule has 0 aliphatic heterocycles. The van der Waals surface area contributed by atoms with Crippen molar-refractivity contribution >= 4 is 27.3 Å². The van der Waals surface area contributed by atoms with Gasteiger partial charge in [-0.3, -0.25) is 4.72 Å². The number of benzene rings is 3. The van der Waals surface area contributed by atoms with Crippen LogP contribution in [0.25, 0.3) is 22.9 Å². The Morgan fingerprint density at radius 3 is 1.96 bits per heavy atom. The molecule has 1 heterocycles. The van der Waals surface area contributed by atoms with E-state index in [-0.39, 0.29) is 9.92 Å². The van der Waals surface area contributed by atoms with Crippen LogP contribution in [0, 0.1) is 0 Å². The van der Waals surface area contributed by atoms with Gasteiger partial charge in [-0.05, 0) is 48.5 Å². The summed E-state index contributed by atoms with van der Waals surface area (Å²) in [5.74, 6) is 0.762. The maximum Gasteiger partial charge on any atom is 0.263 e. The van der Waals surface area contributed by atoms with Gasteiger partial charge in [-0.15, -0.1) is 10.2 Å². The maximum absolute atomic E-state index is 12.5. The van der Waals surface area contributed by atoms with Crippen LogP contribution in [0.4, 0.5) is 5.69 Å². The third kappa shape index (κ3) is 3.76. The molecule has 1 aromatic heterocycles. The van der Waals surface area contributed by atoms with Gasteiger partial charge in [0.15, 0.2) is 0 Å². The molecule has 8 heteroatoms. The predicted octanol–water partition coefficient (Wildman–Crippen LogP) is 4.86. The number of halogens is 1. The first kappa shape index (κ1) is 18.2. The molecule has 0 aliphatic carbocycles. The zero-order valence-corrected chi connectivity index (χ0v) is 16.0. The number of aromatic nitrogens is 2.